The predicted molar refractivity (Wildman–Crippen MR) is 59.4 cm³/mol. The number of carbonyl (C=O) groups excluding carboxylic acids is 1. The van der Waals surface area contributed by atoms with Crippen LogP contribution in [-0.4, -0.2) is 34.9 Å². The number of hydrogen-bond donors (Lipinski definition) is 3. The summed E-state index contributed by atoms with van der Waals surface area (Å²) in [6.45, 7) is 0.906. The molecule has 1 amide bonds. The fourth-order valence-corrected chi connectivity index (χ4v) is 1.84. The zero-order valence-electron chi connectivity index (χ0n) is 8.16. The number of halogens is 1. The van der Waals surface area contributed by atoms with Gasteiger partial charge in [0.25, 0.3) is 5.91 Å². The highest BCUT2D eigenvalue weighted by molar-refractivity contribution is 7.17. The van der Waals surface area contributed by atoms with Crippen LogP contribution in [0.2, 0.25) is 4.34 Å². The van der Waals surface area contributed by atoms with Gasteiger partial charge in [0.05, 0.1) is 28.0 Å². The van der Waals surface area contributed by atoms with Crippen LogP contribution >= 0.6 is 22.9 Å². The number of aliphatic hydroxyl groups excluding tert-OH is 2. The number of amides is 1. The lowest BCUT2D eigenvalue weighted by molar-refractivity contribution is 0.0727. The lowest BCUT2D eigenvalue weighted by atomic mass is 10.1. The molecule has 1 rings (SSSR count). The van der Waals surface area contributed by atoms with Gasteiger partial charge in [0.15, 0.2) is 0 Å². The minimum absolute atomic E-state index is 0.325. The van der Waals surface area contributed by atoms with E-state index in [0.717, 1.165) is 11.3 Å². The van der Waals surface area contributed by atoms with E-state index in [4.69, 9.17) is 21.8 Å². The van der Waals surface area contributed by atoms with Gasteiger partial charge in [-0.25, -0.2) is 0 Å². The largest absolute Gasteiger partial charge is 0.394 e. The van der Waals surface area contributed by atoms with E-state index in [0.29, 0.717) is 9.21 Å². The van der Waals surface area contributed by atoms with Crippen LogP contribution in [-0.2, 0) is 0 Å². The van der Waals surface area contributed by atoms with E-state index >= 15 is 0 Å². The Kier molecular flexibility index (Phi) is 4.10. The lowest BCUT2D eigenvalue weighted by Gasteiger charge is -2.25. The van der Waals surface area contributed by atoms with Crippen LogP contribution in [0.1, 0.15) is 16.6 Å². The van der Waals surface area contributed by atoms with Crippen LogP contribution < -0.4 is 5.32 Å². The average molecular weight is 250 g/mol. The van der Waals surface area contributed by atoms with Gasteiger partial charge in [-0.2, -0.15) is 0 Å². The first-order chi connectivity index (χ1) is 7.00. The van der Waals surface area contributed by atoms with Crippen LogP contribution in [0.15, 0.2) is 12.1 Å². The van der Waals surface area contributed by atoms with Gasteiger partial charge >= 0.3 is 0 Å². The second kappa shape index (κ2) is 4.94. The lowest BCUT2D eigenvalue weighted by Crippen LogP contribution is -2.51. The normalized spacial score (nSPS) is 11.5. The van der Waals surface area contributed by atoms with Gasteiger partial charge in [0.2, 0.25) is 0 Å². The van der Waals surface area contributed by atoms with Crippen molar-refractivity contribution in [2.24, 2.45) is 0 Å². The Hall–Kier alpha value is -0.620. The van der Waals surface area contributed by atoms with Crippen LogP contribution in [0, 0.1) is 0 Å². The quantitative estimate of drug-likeness (QED) is 0.742. The number of carbonyl (C=O) groups is 1. The van der Waals surface area contributed by atoms with Crippen molar-refractivity contribution < 1.29 is 15.0 Å². The molecule has 0 radical (unpaired) electrons. The molecule has 3 N–H and O–H groups in total. The molecular formula is C9H12ClNO3S. The van der Waals surface area contributed by atoms with Crippen molar-refractivity contribution in [2.75, 3.05) is 13.2 Å². The van der Waals surface area contributed by atoms with E-state index in [-0.39, 0.29) is 19.1 Å². The summed E-state index contributed by atoms with van der Waals surface area (Å²) in [6.07, 6.45) is 0. The SMILES string of the molecule is CC(CO)(CO)NC(=O)c1ccc(Cl)s1. The van der Waals surface area contributed by atoms with E-state index < -0.39 is 5.54 Å². The summed E-state index contributed by atoms with van der Waals surface area (Å²) in [4.78, 5) is 12.1. The summed E-state index contributed by atoms with van der Waals surface area (Å²) in [5.74, 6) is -0.350. The van der Waals surface area contributed by atoms with E-state index in [1.807, 2.05) is 0 Å². The first-order valence-corrected chi connectivity index (χ1v) is 5.50. The third kappa shape index (κ3) is 3.17. The topological polar surface area (TPSA) is 69.6 Å². The predicted octanol–water partition coefficient (Wildman–Crippen LogP) is 0.875. The fourth-order valence-electron chi connectivity index (χ4n) is 0.901. The molecule has 6 heteroatoms. The van der Waals surface area contributed by atoms with Crippen molar-refractivity contribution in [1.82, 2.24) is 5.32 Å². The summed E-state index contributed by atoms with van der Waals surface area (Å²) < 4.78 is 0.523. The van der Waals surface area contributed by atoms with Crippen molar-refractivity contribution in [3.8, 4) is 0 Å². The zero-order valence-corrected chi connectivity index (χ0v) is 9.73. The second-order valence-electron chi connectivity index (χ2n) is 3.43. The molecular weight excluding hydrogens is 238 g/mol. The van der Waals surface area contributed by atoms with Crippen LogP contribution in [0.4, 0.5) is 0 Å². The van der Waals surface area contributed by atoms with Crippen LogP contribution in [0.5, 0.6) is 0 Å². The first kappa shape index (κ1) is 12.4. The van der Waals surface area contributed by atoms with Gasteiger partial charge in [0.1, 0.15) is 0 Å². The molecule has 1 aromatic heterocycles. The summed E-state index contributed by atoms with van der Waals surface area (Å²) >= 11 is 6.83. The van der Waals surface area contributed by atoms with E-state index in [1.54, 1.807) is 19.1 Å². The molecule has 4 nitrogen and oxygen atoms in total. The standard InChI is InChI=1S/C9H12ClNO3S/c1-9(4-12,5-13)11-8(14)6-2-3-7(10)15-6/h2-3,12-13H,4-5H2,1H3,(H,11,14). The zero-order chi connectivity index (χ0) is 11.5. The molecule has 0 atom stereocenters. The van der Waals surface area contributed by atoms with Crippen molar-refractivity contribution in [3.63, 3.8) is 0 Å². The molecule has 1 aromatic rings. The molecule has 0 aliphatic rings. The Morgan fingerprint density at radius 2 is 2.13 bits per heavy atom. The van der Waals surface area contributed by atoms with Crippen molar-refractivity contribution in [1.29, 1.82) is 0 Å². The molecule has 0 aromatic carbocycles. The summed E-state index contributed by atoms with van der Waals surface area (Å²) in [5, 5.41) is 20.5. The van der Waals surface area contributed by atoms with Gasteiger partial charge in [0, 0.05) is 0 Å². The Morgan fingerprint density at radius 1 is 1.53 bits per heavy atom. The minimum atomic E-state index is -1.01. The number of nitrogens with one attached hydrogen (secondary N) is 1. The third-order valence-electron chi connectivity index (χ3n) is 1.91. The van der Waals surface area contributed by atoms with Crippen LogP contribution in [0.3, 0.4) is 0 Å². The van der Waals surface area contributed by atoms with Gasteiger partial charge in [-0.05, 0) is 19.1 Å². The highest BCUT2D eigenvalue weighted by atomic mass is 35.5. The van der Waals surface area contributed by atoms with Gasteiger partial charge < -0.3 is 15.5 Å². The fraction of sp³-hybridized carbons (Fsp3) is 0.444. The molecule has 0 fully saturated rings. The highest BCUT2D eigenvalue weighted by Gasteiger charge is 2.25. The summed E-state index contributed by atoms with van der Waals surface area (Å²) in [6, 6.07) is 3.22. The monoisotopic (exact) mass is 249 g/mol. The van der Waals surface area contributed by atoms with E-state index in [1.165, 1.54) is 0 Å². The second-order valence-corrected chi connectivity index (χ2v) is 5.15. The molecule has 0 spiro atoms. The molecule has 15 heavy (non-hydrogen) atoms. The number of aliphatic hydroxyl groups is 2. The van der Waals surface area contributed by atoms with Gasteiger partial charge in [-0.1, -0.05) is 11.6 Å². The number of rotatable bonds is 4. The third-order valence-corrected chi connectivity index (χ3v) is 3.14. The maximum absolute atomic E-state index is 11.6. The Labute approximate surface area is 96.5 Å². The van der Waals surface area contributed by atoms with Crippen molar-refractivity contribution in [3.05, 3.63) is 21.3 Å². The molecule has 0 saturated carbocycles. The smallest absolute Gasteiger partial charge is 0.261 e. The van der Waals surface area contributed by atoms with Crippen molar-refractivity contribution >= 4 is 28.8 Å². The molecule has 0 aliphatic heterocycles. The van der Waals surface area contributed by atoms with E-state index in [2.05, 4.69) is 5.32 Å². The Morgan fingerprint density at radius 3 is 2.53 bits per heavy atom. The minimum Gasteiger partial charge on any atom is -0.394 e. The summed E-state index contributed by atoms with van der Waals surface area (Å²) in [7, 11) is 0. The molecule has 0 unspecified atom stereocenters. The molecule has 0 saturated heterocycles. The van der Waals surface area contributed by atoms with Crippen LogP contribution in [0.25, 0.3) is 0 Å². The Balaban J connectivity index is 2.71. The number of hydrogen-bond acceptors (Lipinski definition) is 4. The maximum Gasteiger partial charge on any atom is 0.261 e. The molecule has 84 valence electrons. The summed E-state index contributed by atoms with van der Waals surface area (Å²) in [5.41, 5.74) is -1.01. The maximum atomic E-state index is 11.6. The highest BCUT2D eigenvalue weighted by Crippen LogP contribution is 2.21. The molecule has 1 heterocycles. The average Bonchev–Trinajstić information content (AvgIpc) is 2.65. The Bertz CT molecular complexity index is 349. The molecule has 0 bridgehead atoms. The first-order valence-electron chi connectivity index (χ1n) is 4.30. The molecule has 0 aliphatic carbocycles. The van der Waals surface area contributed by atoms with Crippen molar-refractivity contribution in [2.45, 2.75) is 12.5 Å². The van der Waals surface area contributed by atoms with Gasteiger partial charge in [-0.15, -0.1) is 11.3 Å². The van der Waals surface area contributed by atoms with E-state index in [9.17, 15) is 4.79 Å². The number of thiophene rings is 1. The van der Waals surface area contributed by atoms with Gasteiger partial charge in [-0.3, -0.25) is 4.79 Å².